The van der Waals surface area contributed by atoms with E-state index in [2.05, 4.69) is 36.8 Å². The van der Waals surface area contributed by atoms with Gasteiger partial charge < -0.3 is 0 Å². The Morgan fingerprint density at radius 3 is 2.50 bits per heavy atom. The normalized spacial score (nSPS) is 15.6. The van der Waals surface area contributed by atoms with E-state index in [1.165, 1.54) is 51.4 Å². The van der Waals surface area contributed by atoms with Crippen LogP contribution in [0, 0.1) is 0 Å². The molecule has 0 bridgehead atoms. The van der Waals surface area contributed by atoms with Gasteiger partial charge in [0.05, 0.1) is 0 Å². The second kappa shape index (κ2) is 7.38. The van der Waals surface area contributed by atoms with Crippen molar-refractivity contribution in [1.29, 1.82) is 0 Å². The maximum atomic E-state index is 2.32. The predicted octanol–water partition coefficient (Wildman–Crippen LogP) is 4.12. The third-order valence-corrected chi connectivity index (χ3v) is 3.09. The quantitative estimate of drug-likeness (QED) is 0.412. The van der Waals surface area contributed by atoms with Gasteiger partial charge in [-0.15, -0.1) is 0 Å². The zero-order valence-electron chi connectivity index (χ0n) is 9.81. The first kappa shape index (κ1) is 12.1. The van der Waals surface area contributed by atoms with E-state index in [9.17, 15) is 0 Å². The van der Waals surface area contributed by atoms with Gasteiger partial charge in [0.25, 0.3) is 0 Å². The first-order valence-corrected chi connectivity index (χ1v) is 6.19. The van der Waals surface area contributed by atoms with E-state index in [1.54, 1.807) is 9.82 Å². The maximum absolute atomic E-state index is 2.32. The van der Waals surface area contributed by atoms with Crippen LogP contribution in [0.3, 0.4) is 0 Å². The Morgan fingerprint density at radius 1 is 1.14 bits per heavy atom. The summed E-state index contributed by atoms with van der Waals surface area (Å²) < 4.78 is 1.60. The van der Waals surface area contributed by atoms with E-state index < -0.39 is 0 Å². The van der Waals surface area contributed by atoms with E-state index in [-0.39, 0.29) is 0 Å². The Morgan fingerprint density at radius 2 is 1.86 bits per heavy atom. The molecule has 74 valence electrons. The van der Waals surface area contributed by atoms with Gasteiger partial charge >= 0.3 is 98.0 Å². The van der Waals surface area contributed by atoms with E-state index >= 15 is 0 Å². The minimum absolute atomic E-state index is 1.20. The van der Waals surface area contributed by atoms with Gasteiger partial charge in [-0.25, -0.2) is 0 Å². The molecule has 1 heteroatoms. The first-order chi connectivity index (χ1) is 6.84. The third kappa shape index (κ3) is 4.54. The van der Waals surface area contributed by atoms with Gasteiger partial charge in [-0.1, -0.05) is 0 Å². The number of allylic oxidation sites excluding steroid dienone is 4. The predicted molar refractivity (Wildman–Crippen MR) is 64.5 cm³/mol. The van der Waals surface area contributed by atoms with Crippen molar-refractivity contribution in [2.75, 3.05) is 0 Å². The molecule has 0 N–H and O–H groups in total. The molecule has 0 saturated heterocycles. The van der Waals surface area contributed by atoms with Crippen molar-refractivity contribution in [2.24, 2.45) is 0 Å². The molecule has 1 aliphatic rings. The number of unbranched alkanes of at least 4 members (excludes halogenated alkanes) is 5. The van der Waals surface area contributed by atoms with Crippen molar-refractivity contribution in [2.45, 2.75) is 58.3 Å². The fourth-order valence-electron chi connectivity index (χ4n) is 2.04. The molecule has 0 spiro atoms. The molecule has 0 aliphatic heterocycles. The van der Waals surface area contributed by atoms with Gasteiger partial charge in [-0.2, -0.15) is 0 Å². The molecule has 0 aromatic rings. The van der Waals surface area contributed by atoms with Crippen molar-refractivity contribution in [3.05, 3.63) is 22.0 Å². The summed E-state index contributed by atoms with van der Waals surface area (Å²) in [7, 11) is 0. The van der Waals surface area contributed by atoms with Crippen LogP contribution in [0.1, 0.15) is 58.3 Å². The molecule has 0 unspecified atom stereocenters. The summed E-state index contributed by atoms with van der Waals surface area (Å²) >= 11 is 2.27. The van der Waals surface area contributed by atoms with Crippen molar-refractivity contribution < 1.29 is 0 Å². The number of hydrogen-bond donors (Lipinski definition) is 0. The Balaban J connectivity index is 1.99. The van der Waals surface area contributed by atoms with Crippen molar-refractivity contribution in [3.63, 3.8) is 0 Å². The molecule has 0 heterocycles. The molecule has 0 aromatic carbocycles. The fourth-order valence-corrected chi connectivity index (χ4v) is 2.04. The van der Waals surface area contributed by atoms with E-state index in [0.717, 1.165) is 0 Å². The summed E-state index contributed by atoms with van der Waals surface area (Å²) in [5, 5.41) is 0. The van der Waals surface area contributed by atoms with Crippen LogP contribution >= 0.6 is 0 Å². The third-order valence-electron chi connectivity index (χ3n) is 3.09. The minimum atomic E-state index is 1.20. The summed E-state index contributed by atoms with van der Waals surface area (Å²) in [4.78, 5) is 0. The molecular weight excluding hydrogens is 163 g/mol. The number of rotatable bonds is 7. The second-order valence-corrected chi connectivity index (χ2v) is 4.43. The SMILES string of the molecule is [Li][C]1=C(CCCCCCCC)C=CC1. The average molecular weight is 184 g/mol. The summed E-state index contributed by atoms with van der Waals surface area (Å²) in [6, 6.07) is 0. The monoisotopic (exact) mass is 184 g/mol. The molecule has 0 nitrogen and oxygen atoms in total. The van der Waals surface area contributed by atoms with Crippen LogP contribution in [-0.2, 0) is 0 Å². The molecule has 0 fully saturated rings. The Labute approximate surface area is 98.1 Å². The van der Waals surface area contributed by atoms with Crippen molar-refractivity contribution in [3.8, 4) is 0 Å². The van der Waals surface area contributed by atoms with Crippen LogP contribution in [0.4, 0.5) is 0 Å². The first-order valence-electron chi connectivity index (χ1n) is 6.19. The number of hydrogen-bond acceptors (Lipinski definition) is 0. The van der Waals surface area contributed by atoms with Gasteiger partial charge in [-0.3, -0.25) is 0 Å². The topological polar surface area (TPSA) is 0 Å². The molecule has 1 rings (SSSR count). The van der Waals surface area contributed by atoms with Crippen molar-refractivity contribution >= 4 is 17.7 Å². The molecule has 0 amide bonds. The van der Waals surface area contributed by atoms with Gasteiger partial charge in [0.15, 0.2) is 0 Å². The van der Waals surface area contributed by atoms with E-state index in [0.29, 0.717) is 0 Å². The summed E-state index contributed by atoms with van der Waals surface area (Å²) in [5.74, 6) is 0. The van der Waals surface area contributed by atoms with Crippen LogP contribution in [-0.4, -0.2) is 17.7 Å². The van der Waals surface area contributed by atoms with Crippen LogP contribution in [0.15, 0.2) is 22.0 Å². The van der Waals surface area contributed by atoms with Gasteiger partial charge in [0.2, 0.25) is 0 Å². The van der Waals surface area contributed by atoms with Gasteiger partial charge in [0, 0.05) is 0 Å². The summed E-state index contributed by atoms with van der Waals surface area (Å²) in [5.41, 5.74) is 1.61. The molecule has 1 aliphatic carbocycles. The molecule has 14 heavy (non-hydrogen) atoms. The van der Waals surface area contributed by atoms with Crippen molar-refractivity contribution in [1.82, 2.24) is 0 Å². The van der Waals surface area contributed by atoms with Crippen LogP contribution in [0.5, 0.6) is 0 Å². The summed E-state index contributed by atoms with van der Waals surface area (Å²) in [6.45, 7) is 2.28. The molecule has 0 aromatic heterocycles. The Bertz CT molecular complexity index is 213. The van der Waals surface area contributed by atoms with E-state index in [4.69, 9.17) is 0 Å². The van der Waals surface area contributed by atoms with E-state index in [1.807, 2.05) is 0 Å². The van der Waals surface area contributed by atoms with Gasteiger partial charge in [-0.05, 0) is 0 Å². The zero-order valence-corrected chi connectivity index (χ0v) is 9.81. The fraction of sp³-hybridized carbons (Fsp3) is 0.692. The van der Waals surface area contributed by atoms with Crippen LogP contribution < -0.4 is 0 Å². The van der Waals surface area contributed by atoms with Crippen LogP contribution in [0.25, 0.3) is 0 Å². The molecule has 0 radical (unpaired) electrons. The standard InChI is InChI=1S/C13H21.Li/c1-2-3-4-5-6-7-10-13-11-8-9-12-13;/h8,11H,2-7,9-10H2,1H3;. The zero-order chi connectivity index (χ0) is 10.2. The molecule has 0 atom stereocenters. The van der Waals surface area contributed by atoms with Gasteiger partial charge in [0.1, 0.15) is 0 Å². The second-order valence-electron chi connectivity index (χ2n) is 4.43. The van der Waals surface area contributed by atoms with Crippen LogP contribution in [0.2, 0.25) is 0 Å². The summed E-state index contributed by atoms with van der Waals surface area (Å²) in [6.07, 6.45) is 15.6. The Kier molecular flexibility index (Phi) is 6.40. The average Bonchev–Trinajstić information content (AvgIpc) is 2.58. The Hall–Kier alpha value is 0.0774. The molecule has 0 saturated carbocycles. The molecular formula is C13H21Li.